The lowest BCUT2D eigenvalue weighted by molar-refractivity contribution is -0.141. The zero-order chi connectivity index (χ0) is 20.5. The van der Waals surface area contributed by atoms with Crippen molar-refractivity contribution in [2.45, 2.75) is 26.6 Å². The molecule has 0 amide bonds. The molecule has 0 atom stereocenters. The molecule has 3 rings (SSSR count). The summed E-state index contributed by atoms with van der Waals surface area (Å²) in [5, 5.41) is 0. The molecule has 2 heterocycles. The van der Waals surface area contributed by atoms with Crippen molar-refractivity contribution in [2.75, 3.05) is 19.8 Å². The van der Waals surface area contributed by atoms with E-state index in [-0.39, 0.29) is 22.5 Å². The fourth-order valence-electron chi connectivity index (χ4n) is 2.94. The molecule has 0 N–H and O–H groups in total. The number of nitrogens with zero attached hydrogens (tertiary/aromatic N) is 1. The van der Waals surface area contributed by atoms with Crippen LogP contribution in [0, 0.1) is 13.8 Å². The quantitative estimate of drug-likeness (QED) is 0.571. The third kappa shape index (κ3) is 4.29. The number of benzene rings is 1. The number of ketones is 1. The van der Waals surface area contributed by atoms with Crippen LogP contribution in [-0.4, -0.2) is 42.3 Å². The van der Waals surface area contributed by atoms with Crippen molar-refractivity contribution < 1.29 is 37.0 Å². The maximum absolute atomic E-state index is 12.7. The Balaban J connectivity index is 1.67. The highest BCUT2D eigenvalue weighted by atomic mass is 19.4. The summed E-state index contributed by atoms with van der Waals surface area (Å²) in [5.74, 6) is -0.363. The Morgan fingerprint density at radius 3 is 2.46 bits per heavy atom. The first-order valence-corrected chi connectivity index (χ1v) is 8.49. The molecule has 1 aromatic carbocycles. The summed E-state index contributed by atoms with van der Waals surface area (Å²) in [6, 6.07) is 5.94. The molecule has 6 nitrogen and oxygen atoms in total. The number of esters is 1. The van der Waals surface area contributed by atoms with E-state index >= 15 is 0 Å². The van der Waals surface area contributed by atoms with Gasteiger partial charge in [-0.3, -0.25) is 4.79 Å². The molecule has 28 heavy (non-hydrogen) atoms. The van der Waals surface area contributed by atoms with Crippen LogP contribution in [0.2, 0.25) is 0 Å². The maximum Gasteiger partial charge on any atom is 0.406 e. The molecule has 0 fully saturated rings. The zero-order valence-corrected chi connectivity index (χ0v) is 15.3. The minimum Gasteiger partial charge on any atom is -0.486 e. The molecule has 150 valence electrons. The van der Waals surface area contributed by atoms with E-state index in [1.165, 1.54) is 32.0 Å². The van der Waals surface area contributed by atoms with Crippen molar-refractivity contribution in [3.8, 4) is 11.5 Å². The third-order valence-electron chi connectivity index (χ3n) is 4.33. The van der Waals surface area contributed by atoms with Gasteiger partial charge in [-0.1, -0.05) is 0 Å². The molecule has 0 saturated carbocycles. The van der Waals surface area contributed by atoms with Crippen LogP contribution in [0.25, 0.3) is 0 Å². The van der Waals surface area contributed by atoms with E-state index in [0.29, 0.717) is 24.7 Å². The molecule has 2 aromatic rings. The number of aromatic nitrogens is 1. The van der Waals surface area contributed by atoms with Gasteiger partial charge in [0.15, 0.2) is 23.9 Å². The molecule has 9 heteroatoms. The number of rotatable bonds is 5. The van der Waals surface area contributed by atoms with Gasteiger partial charge in [-0.2, -0.15) is 13.2 Å². The Morgan fingerprint density at radius 1 is 1.11 bits per heavy atom. The number of Topliss-reactive ketones (excluding diaryl/α,β-unsaturated/α-hetero) is 1. The topological polar surface area (TPSA) is 66.8 Å². The molecule has 0 spiro atoms. The van der Waals surface area contributed by atoms with Crippen LogP contribution in [0.5, 0.6) is 11.5 Å². The fraction of sp³-hybridized carbons (Fsp3) is 0.368. The standard InChI is InChI=1S/C19H18F3NO5/c1-11-7-14(12(2)23(11)10-19(20,21)22)18(25)28-9-15(24)13-3-4-16-17(8-13)27-6-5-26-16/h3-4,7-8H,5-6,9-10H2,1-2H3. The second-order valence-electron chi connectivity index (χ2n) is 6.34. The molecule has 1 aliphatic heterocycles. The first kappa shape index (κ1) is 19.8. The van der Waals surface area contributed by atoms with Gasteiger partial charge >= 0.3 is 12.1 Å². The van der Waals surface area contributed by atoms with Crippen molar-refractivity contribution in [3.63, 3.8) is 0 Å². The predicted molar refractivity (Wildman–Crippen MR) is 92.0 cm³/mol. The molecule has 0 radical (unpaired) electrons. The Morgan fingerprint density at radius 2 is 1.79 bits per heavy atom. The molecular formula is C19H18F3NO5. The van der Waals surface area contributed by atoms with Crippen LogP contribution in [0.1, 0.15) is 32.1 Å². The van der Waals surface area contributed by atoms with Crippen LogP contribution in [0.15, 0.2) is 24.3 Å². The molecule has 1 aromatic heterocycles. The summed E-state index contributed by atoms with van der Waals surface area (Å²) in [7, 11) is 0. The van der Waals surface area contributed by atoms with Crippen molar-refractivity contribution in [3.05, 3.63) is 46.8 Å². The van der Waals surface area contributed by atoms with Gasteiger partial charge in [-0.25, -0.2) is 4.79 Å². The average Bonchev–Trinajstić information content (AvgIpc) is 2.92. The number of hydrogen-bond donors (Lipinski definition) is 0. The summed E-state index contributed by atoms with van der Waals surface area (Å²) in [5.41, 5.74) is 0.683. The van der Waals surface area contributed by atoms with Crippen molar-refractivity contribution >= 4 is 11.8 Å². The number of ether oxygens (including phenoxy) is 3. The van der Waals surface area contributed by atoms with E-state index < -0.39 is 31.1 Å². The SMILES string of the molecule is Cc1cc(C(=O)OCC(=O)c2ccc3c(c2)OCCO3)c(C)n1CC(F)(F)F. The Bertz CT molecular complexity index is 917. The first-order chi connectivity index (χ1) is 13.2. The highest BCUT2D eigenvalue weighted by molar-refractivity contribution is 6.00. The monoisotopic (exact) mass is 397 g/mol. The number of aryl methyl sites for hydroxylation is 1. The van der Waals surface area contributed by atoms with Gasteiger partial charge in [-0.05, 0) is 38.1 Å². The molecule has 0 aliphatic carbocycles. The van der Waals surface area contributed by atoms with Gasteiger partial charge in [0, 0.05) is 17.0 Å². The van der Waals surface area contributed by atoms with Crippen molar-refractivity contribution in [2.24, 2.45) is 0 Å². The lowest BCUT2D eigenvalue weighted by atomic mass is 10.1. The van der Waals surface area contributed by atoms with E-state index in [9.17, 15) is 22.8 Å². The summed E-state index contributed by atoms with van der Waals surface area (Å²) in [6.07, 6.45) is -4.41. The van der Waals surface area contributed by atoms with E-state index in [2.05, 4.69) is 0 Å². The number of halogens is 3. The van der Waals surface area contributed by atoms with Gasteiger partial charge in [0.25, 0.3) is 0 Å². The number of carbonyl (C=O) groups is 2. The number of carbonyl (C=O) groups excluding carboxylic acids is 2. The second kappa shape index (κ2) is 7.57. The van der Waals surface area contributed by atoms with Crippen molar-refractivity contribution in [1.82, 2.24) is 4.57 Å². The largest absolute Gasteiger partial charge is 0.486 e. The Kier molecular flexibility index (Phi) is 5.35. The van der Waals surface area contributed by atoms with Gasteiger partial charge < -0.3 is 18.8 Å². The van der Waals surface area contributed by atoms with E-state index in [4.69, 9.17) is 14.2 Å². The van der Waals surface area contributed by atoms with Crippen LogP contribution < -0.4 is 9.47 Å². The molecule has 1 aliphatic rings. The van der Waals surface area contributed by atoms with E-state index in [1.54, 1.807) is 6.07 Å². The average molecular weight is 397 g/mol. The van der Waals surface area contributed by atoms with Crippen molar-refractivity contribution in [1.29, 1.82) is 0 Å². The fourth-order valence-corrected chi connectivity index (χ4v) is 2.94. The lowest BCUT2D eigenvalue weighted by Crippen LogP contribution is -2.20. The number of hydrogen-bond acceptors (Lipinski definition) is 5. The minimum atomic E-state index is -4.41. The number of fused-ring (bicyclic) bond motifs is 1. The Labute approximate surface area is 158 Å². The predicted octanol–water partition coefficient (Wildman–Crippen LogP) is 3.48. The van der Waals surface area contributed by atoms with Crippen LogP contribution in [0.3, 0.4) is 0 Å². The Hall–Kier alpha value is -2.97. The molecule has 0 unspecified atom stereocenters. The van der Waals surface area contributed by atoms with Crippen LogP contribution >= 0.6 is 0 Å². The molecule has 0 saturated heterocycles. The summed E-state index contributed by atoms with van der Waals surface area (Å²) < 4.78 is 54.8. The van der Waals surface area contributed by atoms with Gasteiger partial charge in [0.2, 0.25) is 0 Å². The van der Waals surface area contributed by atoms with Crippen LogP contribution in [0.4, 0.5) is 13.2 Å². The normalized spacial score (nSPS) is 13.3. The zero-order valence-electron chi connectivity index (χ0n) is 15.3. The summed E-state index contributed by atoms with van der Waals surface area (Å²) in [6.45, 7) is 1.92. The van der Waals surface area contributed by atoms with Crippen LogP contribution in [-0.2, 0) is 11.3 Å². The van der Waals surface area contributed by atoms with E-state index in [1.807, 2.05) is 0 Å². The summed E-state index contributed by atoms with van der Waals surface area (Å²) in [4.78, 5) is 24.5. The highest BCUT2D eigenvalue weighted by Crippen LogP contribution is 2.31. The molecular weight excluding hydrogens is 379 g/mol. The smallest absolute Gasteiger partial charge is 0.406 e. The van der Waals surface area contributed by atoms with Gasteiger partial charge in [0.1, 0.15) is 19.8 Å². The highest BCUT2D eigenvalue weighted by Gasteiger charge is 2.30. The first-order valence-electron chi connectivity index (χ1n) is 8.49. The lowest BCUT2D eigenvalue weighted by Gasteiger charge is -2.18. The summed E-state index contributed by atoms with van der Waals surface area (Å²) >= 11 is 0. The van der Waals surface area contributed by atoms with E-state index in [0.717, 1.165) is 4.57 Å². The third-order valence-corrected chi connectivity index (χ3v) is 4.33. The minimum absolute atomic E-state index is 0.00303. The van der Waals surface area contributed by atoms with Gasteiger partial charge in [-0.15, -0.1) is 0 Å². The maximum atomic E-state index is 12.7. The second-order valence-corrected chi connectivity index (χ2v) is 6.34. The number of alkyl halides is 3. The molecule has 0 bridgehead atoms. The van der Waals surface area contributed by atoms with Gasteiger partial charge in [0.05, 0.1) is 5.56 Å².